The van der Waals surface area contributed by atoms with Crippen molar-refractivity contribution >= 4 is 16.0 Å². The maximum Gasteiger partial charge on any atom is 0.335 e. The average molecular weight is 301 g/mol. The first-order chi connectivity index (χ1) is 8.94. The Morgan fingerprint density at radius 3 is 2.20 bits per heavy atom. The second kappa shape index (κ2) is 5.51. The van der Waals surface area contributed by atoms with Crippen LogP contribution in [-0.4, -0.2) is 25.1 Å². The standard InChI is InChI=1S/C13H19NO5S/c1-8-6-9(2)11(7-10(8)12(15)16)20(17,18)14-19-13(3,4)5/h6-7,14H,1-5H3,(H,15,16). The number of benzene rings is 1. The molecule has 6 nitrogen and oxygen atoms in total. The van der Waals surface area contributed by atoms with Crippen LogP contribution >= 0.6 is 0 Å². The number of hydrogen-bond acceptors (Lipinski definition) is 4. The molecule has 112 valence electrons. The second-order valence-corrected chi connectivity index (χ2v) is 7.15. The van der Waals surface area contributed by atoms with Crippen molar-refractivity contribution in [2.45, 2.75) is 45.1 Å². The lowest BCUT2D eigenvalue weighted by molar-refractivity contribution is -0.0357. The van der Waals surface area contributed by atoms with Gasteiger partial charge in [0.05, 0.1) is 16.1 Å². The van der Waals surface area contributed by atoms with Crippen molar-refractivity contribution in [1.29, 1.82) is 0 Å². The van der Waals surface area contributed by atoms with Gasteiger partial charge in [-0.2, -0.15) is 0 Å². The van der Waals surface area contributed by atoms with Crippen LogP contribution in [0.15, 0.2) is 17.0 Å². The van der Waals surface area contributed by atoms with Gasteiger partial charge in [0.15, 0.2) is 0 Å². The van der Waals surface area contributed by atoms with Crippen molar-refractivity contribution < 1.29 is 23.2 Å². The van der Waals surface area contributed by atoms with Crippen LogP contribution in [0, 0.1) is 13.8 Å². The highest BCUT2D eigenvalue weighted by Gasteiger charge is 2.23. The zero-order valence-electron chi connectivity index (χ0n) is 12.1. The minimum absolute atomic E-state index is 0.0493. The lowest BCUT2D eigenvalue weighted by Gasteiger charge is -2.20. The van der Waals surface area contributed by atoms with Crippen LogP contribution in [0.2, 0.25) is 0 Å². The topological polar surface area (TPSA) is 92.7 Å². The van der Waals surface area contributed by atoms with Crippen molar-refractivity contribution in [1.82, 2.24) is 4.89 Å². The molecule has 0 radical (unpaired) electrons. The summed E-state index contributed by atoms with van der Waals surface area (Å²) < 4.78 is 24.3. The Kier molecular flexibility index (Phi) is 4.58. The molecule has 0 saturated heterocycles. The first-order valence-electron chi connectivity index (χ1n) is 5.98. The Morgan fingerprint density at radius 1 is 1.20 bits per heavy atom. The molecule has 0 saturated carbocycles. The van der Waals surface area contributed by atoms with Crippen molar-refractivity contribution in [3.8, 4) is 0 Å². The molecular weight excluding hydrogens is 282 g/mol. The second-order valence-electron chi connectivity index (χ2n) is 5.54. The molecular formula is C13H19NO5S. The maximum absolute atomic E-state index is 12.2. The number of aryl methyl sites for hydroxylation is 2. The molecule has 0 heterocycles. The highest BCUT2D eigenvalue weighted by atomic mass is 32.2. The van der Waals surface area contributed by atoms with E-state index in [-0.39, 0.29) is 10.5 Å². The molecule has 0 spiro atoms. The Balaban J connectivity index is 3.25. The van der Waals surface area contributed by atoms with Gasteiger partial charge in [0.1, 0.15) is 0 Å². The van der Waals surface area contributed by atoms with Crippen molar-refractivity contribution in [3.63, 3.8) is 0 Å². The van der Waals surface area contributed by atoms with Crippen LogP contribution in [0.3, 0.4) is 0 Å². The van der Waals surface area contributed by atoms with Gasteiger partial charge in [0.2, 0.25) is 0 Å². The zero-order valence-corrected chi connectivity index (χ0v) is 13.0. The van der Waals surface area contributed by atoms with Crippen molar-refractivity contribution in [2.75, 3.05) is 0 Å². The first kappa shape index (κ1) is 16.6. The average Bonchev–Trinajstić information content (AvgIpc) is 2.24. The smallest absolute Gasteiger partial charge is 0.335 e. The summed E-state index contributed by atoms with van der Waals surface area (Å²) in [6, 6.07) is 2.66. The normalized spacial score (nSPS) is 12.4. The lowest BCUT2D eigenvalue weighted by Crippen LogP contribution is -2.34. The van der Waals surface area contributed by atoms with E-state index in [4.69, 9.17) is 9.94 Å². The zero-order chi connectivity index (χ0) is 15.7. The Hall–Kier alpha value is -1.44. The summed E-state index contributed by atoms with van der Waals surface area (Å²) in [6.07, 6.45) is 0. The van der Waals surface area contributed by atoms with E-state index in [1.807, 2.05) is 4.89 Å². The first-order valence-corrected chi connectivity index (χ1v) is 7.47. The van der Waals surface area contributed by atoms with E-state index >= 15 is 0 Å². The molecule has 20 heavy (non-hydrogen) atoms. The SMILES string of the molecule is Cc1cc(C)c(S(=O)(=O)NOC(C)(C)C)cc1C(=O)O. The molecule has 1 rings (SSSR count). The fourth-order valence-electron chi connectivity index (χ4n) is 1.58. The minimum atomic E-state index is -3.93. The largest absolute Gasteiger partial charge is 0.478 e. The van der Waals surface area contributed by atoms with E-state index in [1.165, 1.54) is 6.07 Å². The molecule has 7 heteroatoms. The van der Waals surface area contributed by atoms with Crippen LogP contribution in [0.5, 0.6) is 0 Å². The van der Waals surface area contributed by atoms with E-state index < -0.39 is 21.6 Å². The number of aromatic carboxylic acids is 1. The summed E-state index contributed by atoms with van der Waals surface area (Å²) >= 11 is 0. The molecule has 0 aliphatic heterocycles. The molecule has 0 aromatic heterocycles. The minimum Gasteiger partial charge on any atom is -0.478 e. The van der Waals surface area contributed by atoms with Crippen molar-refractivity contribution in [2.24, 2.45) is 0 Å². The maximum atomic E-state index is 12.2. The van der Waals surface area contributed by atoms with Crippen LogP contribution < -0.4 is 4.89 Å². The Labute approximate surface area is 118 Å². The predicted octanol–water partition coefficient (Wildman–Crippen LogP) is 2.01. The molecule has 1 aromatic carbocycles. The molecule has 0 aliphatic carbocycles. The monoisotopic (exact) mass is 301 g/mol. The third-order valence-electron chi connectivity index (χ3n) is 2.50. The number of carboxylic acid groups (broad SMARTS) is 1. The Bertz CT molecular complexity index is 629. The Morgan fingerprint density at radius 2 is 1.75 bits per heavy atom. The van der Waals surface area contributed by atoms with Gasteiger partial charge >= 0.3 is 5.97 Å². The van der Waals surface area contributed by atoms with Gasteiger partial charge < -0.3 is 5.11 Å². The van der Waals surface area contributed by atoms with E-state index in [2.05, 4.69) is 0 Å². The summed E-state index contributed by atoms with van der Waals surface area (Å²) in [5.74, 6) is -1.17. The summed E-state index contributed by atoms with van der Waals surface area (Å²) in [5.41, 5.74) is 0.219. The molecule has 2 N–H and O–H groups in total. The summed E-state index contributed by atoms with van der Waals surface area (Å²) in [7, 11) is -3.93. The number of sulfonamides is 1. The summed E-state index contributed by atoms with van der Waals surface area (Å²) in [5, 5.41) is 9.06. The van der Waals surface area contributed by atoms with Crippen LogP contribution in [-0.2, 0) is 14.9 Å². The number of rotatable bonds is 4. The van der Waals surface area contributed by atoms with Gasteiger partial charge in [-0.3, -0.25) is 4.84 Å². The molecule has 0 amide bonds. The van der Waals surface area contributed by atoms with Gasteiger partial charge in [-0.05, 0) is 51.8 Å². The quantitative estimate of drug-likeness (QED) is 0.830. The lowest BCUT2D eigenvalue weighted by atomic mass is 10.1. The van der Waals surface area contributed by atoms with Gasteiger partial charge in [-0.25, -0.2) is 13.2 Å². The van der Waals surface area contributed by atoms with Gasteiger partial charge in [-0.1, -0.05) is 11.0 Å². The number of nitrogens with one attached hydrogen (secondary N) is 1. The third-order valence-corrected chi connectivity index (χ3v) is 3.82. The molecule has 0 unspecified atom stereocenters. The van der Waals surface area contributed by atoms with Crippen LogP contribution in [0.4, 0.5) is 0 Å². The molecule has 0 bridgehead atoms. The fraction of sp³-hybridized carbons (Fsp3) is 0.462. The van der Waals surface area contributed by atoms with E-state index in [0.717, 1.165) is 6.07 Å². The van der Waals surface area contributed by atoms with Crippen LogP contribution in [0.25, 0.3) is 0 Å². The summed E-state index contributed by atoms with van der Waals surface area (Å²) in [4.78, 5) is 18.0. The van der Waals surface area contributed by atoms with Crippen molar-refractivity contribution in [3.05, 3.63) is 28.8 Å². The molecule has 0 atom stereocenters. The van der Waals surface area contributed by atoms with E-state index in [0.29, 0.717) is 11.1 Å². The highest BCUT2D eigenvalue weighted by Crippen LogP contribution is 2.21. The van der Waals surface area contributed by atoms with Crippen LogP contribution in [0.1, 0.15) is 42.3 Å². The predicted molar refractivity (Wildman–Crippen MR) is 74.0 cm³/mol. The van der Waals surface area contributed by atoms with E-state index in [9.17, 15) is 13.2 Å². The van der Waals surface area contributed by atoms with E-state index in [1.54, 1.807) is 34.6 Å². The molecule has 0 fully saturated rings. The highest BCUT2D eigenvalue weighted by molar-refractivity contribution is 7.89. The molecule has 1 aromatic rings. The third kappa shape index (κ3) is 4.03. The number of carboxylic acids is 1. The molecule has 0 aliphatic rings. The number of carbonyl (C=O) groups is 1. The number of hydrogen-bond donors (Lipinski definition) is 2. The van der Waals surface area contributed by atoms with Gasteiger partial charge in [0.25, 0.3) is 10.0 Å². The van der Waals surface area contributed by atoms with Gasteiger partial charge in [0, 0.05) is 0 Å². The van der Waals surface area contributed by atoms with Gasteiger partial charge in [-0.15, -0.1) is 0 Å². The fourth-order valence-corrected chi connectivity index (χ4v) is 2.78. The summed E-state index contributed by atoms with van der Waals surface area (Å²) in [6.45, 7) is 8.30.